The molecule has 8 heteroatoms. The van der Waals surface area contributed by atoms with Gasteiger partial charge in [0.05, 0.1) is 5.56 Å². The highest BCUT2D eigenvalue weighted by molar-refractivity contribution is 5.96. The number of nitrogens with one attached hydrogen (secondary N) is 1. The Morgan fingerprint density at radius 3 is 2.61 bits per heavy atom. The number of nitrogens with zero attached hydrogens (tertiary/aromatic N) is 2. The van der Waals surface area contributed by atoms with Crippen molar-refractivity contribution in [3.8, 4) is 0 Å². The molecule has 0 spiro atoms. The van der Waals surface area contributed by atoms with Gasteiger partial charge >= 0.3 is 6.18 Å². The Kier molecular flexibility index (Phi) is 3.67. The molecule has 0 unspecified atom stereocenters. The first-order valence-electron chi connectivity index (χ1n) is 6.91. The highest BCUT2D eigenvalue weighted by Crippen LogP contribution is 2.46. The van der Waals surface area contributed by atoms with E-state index in [4.69, 9.17) is 5.73 Å². The third-order valence-corrected chi connectivity index (χ3v) is 3.71. The fourth-order valence-electron chi connectivity index (χ4n) is 2.54. The second-order valence-electron chi connectivity index (χ2n) is 5.30. The van der Waals surface area contributed by atoms with Crippen LogP contribution < -0.4 is 11.1 Å². The fourth-order valence-corrected chi connectivity index (χ4v) is 2.54. The van der Waals surface area contributed by atoms with Crippen LogP contribution >= 0.6 is 0 Å². The lowest BCUT2D eigenvalue weighted by atomic mass is 10.0. The number of nitrogens with two attached hydrogens (primary N) is 1. The number of amides is 1. The molecule has 2 atom stereocenters. The third kappa shape index (κ3) is 3.10. The molecule has 0 radical (unpaired) electrons. The van der Waals surface area contributed by atoms with E-state index in [0.717, 1.165) is 6.07 Å². The number of nitrogen functional groups attached to an aromatic ring is 1. The van der Waals surface area contributed by atoms with E-state index >= 15 is 0 Å². The van der Waals surface area contributed by atoms with Crippen LogP contribution in [0, 0.1) is 0 Å². The van der Waals surface area contributed by atoms with Gasteiger partial charge in [-0.15, -0.1) is 0 Å². The minimum atomic E-state index is -4.41. The highest BCUT2D eigenvalue weighted by Gasteiger charge is 2.45. The maximum atomic E-state index is 13.0. The molecule has 23 heavy (non-hydrogen) atoms. The number of hydrogen-bond donors (Lipinski definition) is 2. The number of benzene rings is 1. The van der Waals surface area contributed by atoms with Crippen molar-refractivity contribution in [2.24, 2.45) is 0 Å². The topological polar surface area (TPSA) is 80.9 Å². The predicted molar refractivity (Wildman–Crippen MR) is 76.5 cm³/mol. The molecule has 1 aromatic heterocycles. The first-order chi connectivity index (χ1) is 10.9. The normalized spacial score (nSPS) is 20.1. The van der Waals surface area contributed by atoms with Crippen molar-refractivity contribution < 1.29 is 18.0 Å². The van der Waals surface area contributed by atoms with Crippen molar-refractivity contribution in [1.82, 2.24) is 15.3 Å². The molecule has 2 aromatic rings. The molecule has 3 rings (SSSR count). The molecule has 0 saturated heterocycles. The summed E-state index contributed by atoms with van der Waals surface area (Å²) < 4.78 is 39.1. The number of aromatic nitrogens is 2. The summed E-state index contributed by atoms with van der Waals surface area (Å²) in [5.74, 6) is -0.917. The fraction of sp³-hybridized carbons (Fsp3) is 0.267. The van der Waals surface area contributed by atoms with Crippen LogP contribution in [0.2, 0.25) is 0 Å². The summed E-state index contributed by atoms with van der Waals surface area (Å²) >= 11 is 0. The monoisotopic (exact) mass is 322 g/mol. The molecule has 3 N–H and O–H groups in total. The lowest BCUT2D eigenvalue weighted by molar-refractivity contribution is -0.138. The Morgan fingerprint density at radius 1 is 1.22 bits per heavy atom. The molecule has 1 aliphatic rings. The van der Waals surface area contributed by atoms with E-state index in [2.05, 4.69) is 15.3 Å². The molecule has 1 fully saturated rings. The van der Waals surface area contributed by atoms with E-state index in [1.807, 2.05) is 0 Å². The first-order valence-corrected chi connectivity index (χ1v) is 6.91. The lowest BCUT2D eigenvalue weighted by Gasteiger charge is -2.12. The number of alkyl halides is 3. The minimum absolute atomic E-state index is 0.0158. The Balaban J connectivity index is 1.74. The van der Waals surface area contributed by atoms with Gasteiger partial charge in [-0.05, 0) is 18.1 Å². The standard InChI is InChI=1S/C15H13F3N4O/c16-15(17,18)10-4-2-1-3-8(10)9-7-11(9)22-14(23)12-13(19)21-6-5-20-12/h1-6,9,11H,7H2,(H2,19,21)(H,22,23)/t9-,11+/m0/s1. The van der Waals surface area contributed by atoms with E-state index < -0.39 is 17.6 Å². The molecule has 1 amide bonds. The number of hydrogen-bond acceptors (Lipinski definition) is 4. The van der Waals surface area contributed by atoms with E-state index in [-0.39, 0.29) is 29.0 Å². The summed E-state index contributed by atoms with van der Waals surface area (Å²) in [5.41, 5.74) is 5.06. The summed E-state index contributed by atoms with van der Waals surface area (Å²) in [5, 5.41) is 2.65. The van der Waals surface area contributed by atoms with Gasteiger partial charge in [0.2, 0.25) is 0 Å². The van der Waals surface area contributed by atoms with Crippen LogP contribution in [0.15, 0.2) is 36.7 Å². The molecule has 120 valence electrons. The van der Waals surface area contributed by atoms with Gasteiger partial charge in [-0.25, -0.2) is 9.97 Å². The molecule has 1 saturated carbocycles. The third-order valence-electron chi connectivity index (χ3n) is 3.71. The van der Waals surface area contributed by atoms with Crippen LogP contribution in [-0.2, 0) is 6.18 Å². The first kappa shape index (κ1) is 15.3. The molecule has 0 bridgehead atoms. The predicted octanol–water partition coefficient (Wildman–Crippen LogP) is 2.36. The maximum absolute atomic E-state index is 13.0. The van der Waals surface area contributed by atoms with Crippen LogP contribution in [0.1, 0.15) is 34.0 Å². The number of carbonyl (C=O) groups excluding carboxylic acids is 1. The van der Waals surface area contributed by atoms with Crippen LogP contribution in [0.5, 0.6) is 0 Å². The maximum Gasteiger partial charge on any atom is 0.416 e. The summed E-state index contributed by atoms with van der Waals surface area (Å²) in [7, 11) is 0. The molecular formula is C15H13F3N4O. The van der Waals surface area contributed by atoms with Gasteiger partial charge in [-0.3, -0.25) is 4.79 Å². The quantitative estimate of drug-likeness (QED) is 0.909. The van der Waals surface area contributed by atoms with Gasteiger partial charge in [0, 0.05) is 24.4 Å². The smallest absolute Gasteiger partial charge is 0.382 e. The average molecular weight is 322 g/mol. The SMILES string of the molecule is Nc1nccnc1C(=O)N[C@@H]1C[C@H]1c1ccccc1C(F)(F)F. The van der Waals surface area contributed by atoms with Gasteiger partial charge in [0.15, 0.2) is 11.5 Å². The van der Waals surface area contributed by atoms with Gasteiger partial charge in [0.1, 0.15) is 0 Å². The second kappa shape index (κ2) is 5.53. The van der Waals surface area contributed by atoms with Crippen molar-refractivity contribution in [3.63, 3.8) is 0 Å². The molecule has 1 heterocycles. The Bertz CT molecular complexity index is 747. The van der Waals surface area contributed by atoms with Crippen LogP contribution in [0.4, 0.5) is 19.0 Å². The van der Waals surface area contributed by atoms with Gasteiger partial charge in [-0.1, -0.05) is 18.2 Å². The molecule has 1 aromatic carbocycles. The zero-order valence-corrected chi connectivity index (χ0v) is 11.8. The van der Waals surface area contributed by atoms with E-state index in [0.29, 0.717) is 6.42 Å². The van der Waals surface area contributed by atoms with Gasteiger partial charge in [-0.2, -0.15) is 13.2 Å². The Labute approximate surface area is 129 Å². The zero-order valence-electron chi connectivity index (χ0n) is 11.8. The Morgan fingerprint density at radius 2 is 1.91 bits per heavy atom. The second-order valence-corrected chi connectivity index (χ2v) is 5.30. The Hall–Kier alpha value is -2.64. The summed E-state index contributed by atoms with van der Waals surface area (Å²) in [6.07, 6.45) is -1.29. The summed E-state index contributed by atoms with van der Waals surface area (Å²) in [4.78, 5) is 19.7. The lowest BCUT2D eigenvalue weighted by Crippen LogP contribution is -2.28. The highest BCUT2D eigenvalue weighted by atomic mass is 19.4. The van der Waals surface area contributed by atoms with Crippen molar-refractivity contribution >= 4 is 11.7 Å². The van der Waals surface area contributed by atoms with E-state index in [1.165, 1.54) is 24.5 Å². The van der Waals surface area contributed by atoms with Crippen LogP contribution in [-0.4, -0.2) is 21.9 Å². The number of anilines is 1. The molecule has 1 aliphatic carbocycles. The molecular weight excluding hydrogens is 309 g/mol. The summed E-state index contributed by atoms with van der Waals surface area (Å²) in [6.45, 7) is 0. The van der Waals surface area contributed by atoms with Crippen molar-refractivity contribution in [2.45, 2.75) is 24.6 Å². The average Bonchev–Trinajstić information content (AvgIpc) is 3.26. The zero-order chi connectivity index (χ0) is 16.6. The minimum Gasteiger partial charge on any atom is -0.382 e. The largest absolute Gasteiger partial charge is 0.416 e. The van der Waals surface area contributed by atoms with Crippen molar-refractivity contribution in [2.75, 3.05) is 5.73 Å². The molecule has 5 nitrogen and oxygen atoms in total. The van der Waals surface area contributed by atoms with Gasteiger partial charge in [0.25, 0.3) is 5.91 Å². The van der Waals surface area contributed by atoms with E-state index in [1.54, 1.807) is 6.07 Å². The number of rotatable bonds is 3. The number of carbonyl (C=O) groups is 1. The van der Waals surface area contributed by atoms with Gasteiger partial charge < -0.3 is 11.1 Å². The number of halogens is 3. The van der Waals surface area contributed by atoms with Crippen LogP contribution in [0.25, 0.3) is 0 Å². The van der Waals surface area contributed by atoms with Crippen molar-refractivity contribution in [3.05, 3.63) is 53.5 Å². The molecule has 0 aliphatic heterocycles. The summed E-state index contributed by atoms with van der Waals surface area (Å²) in [6, 6.07) is 5.03. The van der Waals surface area contributed by atoms with Crippen molar-refractivity contribution in [1.29, 1.82) is 0 Å². The van der Waals surface area contributed by atoms with E-state index in [9.17, 15) is 18.0 Å². The van der Waals surface area contributed by atoms with Crippen LogP contribution in [0.3, 0.4) is 0 Å².